The van der Waals surface area contributed by atoms with Crippen molar-refractivity contribution in [2.75, 3.05) is 17.2 Å². The fourth-order valence-electron chi connectivity index (χ4n) is 2.03. The molecule has 3 nitrogen and oxygen atoms in total. The molecule has 2 aromatic carbocycles. The van der Waals surface area contributed by atoms with Crippen LogP contribution in [0.1, 0.15) is 22.8 Å². The summed E-state index contributed by atoms with van der Waals surface area (Å²) in [6.07, 6.45) is 0. The van der Waals surface area contributed by atoms with Gasteiger partial charge in [0.2, 0.25) is 0 Å². The second-order valence-electron chi connectivity index (χ2n) is 4.61. The molecule has 0 heterocycles. The predicted octanol–water partition coefficient (Wildman–Crippen LogP) is 4.47. The first kappa shape index (κ1) is 15.3. The molecule has 0 aromatic heterocycles. The first-order valence-electron chi connectivity index (χ1n) is 6.62. The van der Waals surface area contributed by atoms with Crippen LogP contribution in [0.4, 0.5) is 15.8 Å². The third-order valence-electron chi connectivity index (χ3n) is 3.05. The van der Waals surface area contributed by atoms with Crippen molar-refractivity contribution in [3.63, 3.8) is 0 Å². The van der Waals surface area contributed by atoms with Crippen LogP contribution >= 0.6 is 11.6 Å². The van der Waals surface area contributed by atoms with Gasteiger partial charge >= 0.3 is 0 Å². The van der Waals surface area contributed by atoms with Crippen molar-refractivity contribution >= 4 is 28.9 Å². The number of anilines is 2. The SMILES string of the molecule is CCNc1ccc(C(=O)Nc2c(F)cccc2Cl)c(C)c1. The monoisotopic (exact) mass is 306 g/mol. The third kappa shape index (κ3) is 3.52. The number of rotatable bonds is 4. The standard InChI is InChI=1S/C16H16ClFN2O/c1-3-19-11-7-8-12(10(2)9-11)16(21)20-15-13(17)5-4-6-14(15)18/h4-9,19H,3H2,1-2H3,(H,20,21). The van der Waals surface area contributed by atoms with E-state index in [1.165, 1.54) is 18.2 Å². The Morgan fingerprint density at radius 3 is 2.67 bits per heavy atom. The molecular formula is C16H16ClFN2O. The molecule has 2 N–H and O–H groups in total. The largest absolute Gasteiger partial charge is 0.385 e. The lowest BCUT2D eigenvalue weighted by atomic mass is 10.1. The van der Waals surface area contributed by atoms with Gasteiger partial charge in [-0.15, -0.1) is 0 Å². The summed E-state index contributed by atoms with van der Waals surface area (Å²) >= 11 is 5.90. The molecule has 1 amide bonds. The van der Waals surface area contributed by atoms with Gasteiger partial charge in [0, 0.05) is 17.8 Å². The van der Waals surface area contributed by atoms with E-state index in [0.29, 0.717) is 5.56 Å². The topological polar surface area (TPSA) is 41.1 Å². The first-order valence-corrected chi connectivity index (χ1v) is 7.00. The van der Waals surface area contributed by atoms with Crippen molar-refractivity contribution in [1.82, 2.24) is 0 Å². The number of amides is 1. The highest BCUT2D eigenvalue weighted by Crippen LogP contribution is 2.26. The van der Waals surface area contributed by atoms with Gasteiger partial charge in [-0.05, 0) is 49.7 Å². The second kappa shape index (κ2) is 6.59. The van der Waals surface area contributed by atoms with Crippen molar-refractivity contribution in [2.45, 2.75) is 13.8 Å². The average molecular weight is 307 g/mol. The Hall–Kier alpha value is -2.07. The van der Waals surface area contributed by atoms with Gasteiger partial charge in [-0.2, -0.15) is 0 Å². The number of aryl methyl sites for hydroxylation is 1. The van der Waals surface area contributed by atoms with Gasteiger partial charge < -0.3 is 10.6 Å². The van der Waals surface area contributed by atoms with E-state index in [2.05, 4.69) is 10.6 Å². The summed E-state index contributed by atoms with van der Waals surface area (Å²) in [5.41, 5.74) is 2.23. The molecule has 0 spiro atoms. The van der Waals surface area contributed by atoms with E-state index in [0.717, 1.165) is 17.8 Å². The maximum absolute atomic E-state index is 13.7. The third-order valence-corrected chi connectivity index (χ3v) is 3.37. The smallest absolute Gasteiger partial charge is 0.256 e. The fourth-order valence-corrected chi connectivity index (χ4v) is 2.24. The number of nitrogens with one attached hydrogen (secondary N) is 2. The van der Waals surface area contributed by atoms with Crippen molar-refractivity contribution < 1.29 is 9.18 Å². The Bertz CT molecular complexity index is 653. The average Bonchev–Trinajstić information content (AvgIpc) is 2.43. The highest BCUT2D eigenvalue weighted by Gasteiger charge is 2.14. The number of hydrogen-bond donors (Lipinski definition) is 2. The molecule has 0 saturated carbocycles. The normalized spacial score (nSPS) is 10.3. The molecule has 5 heteroatoms. The zero-order valence-corrected chi connectivity index (χ0v) is 12.6. The van der Waals surface area contributed by atoms with Crippen LogP contribution in [-0.2, 0) is 0 Å². The van der Waals surface area contributed by atoms with E-state index < -0.39 is 5.82 Å². The fraction of sp³-hybridized carbons (Fsp3) is 0.188. The van der Waals surface area contributed by atoms with Gasteiger partial charge in [-0.25, -0.2) is 4.39 Å². The van der Waals surface area contributed by atoms with Crippen LogP contribution in [0.25, 0.3) is 0 Å². The Kier molecular flexibility index (Phi) is 4.81. The molecule has 2 aromatic rings. The Labute approximate surface area is 128 Å². The van der Waals surface area contributed by atoms with Crippen molar-refractivity contribution in [1.29, 1.82) is 0 Å². The lowest BCUT2D eigenvalue weighted by Gasteiger charge is -2.11. The number of para-hydroxylation sites is 1. The van der Waals surface area contributed by atoms with Gasteiger partial charge in [-0.3, -0.25) is 4.79 Å². The van der Waals surface area contributed by atoms with Crippen LogP contribution in [-0.4, -0.2) is 12.5 Å². The van der Waals surface area contributed by atoms with Gasteiger partial charge in [-0.1, -0.05) is 17.7 Å². The minimum Gasteiger partial charge on any atom is -0.385 e. The second-order valence-corrected chi connectivity index (χ2v) is 5.02. The van der Waals surface area contributed by atoms with Gasteiger partial charge in [0.05, 0.1) is 10.7 Å². The number of halogens is 2. The van der Waals surface area contributed by atoms with Crippen LogP contribution < -0.4 is 10.6 Å². The van der Waals surface area contributed by atoms with Crippen LogP contribution in [0.3, 0.4) is 0 Å². The summed E-state index contributed by atoms with van der Waals surface area (Å²) < 4.78 is 13.7. The molecule has 2 rings (SSSR count). The highest BCUT2D eigenvalue weighted by molar-refractivity contribution is 6.34. The maximum Gasteiger partial charge on any atom is 0.256 e. The quantitative estimate of drug-likeness (QED) is 0.875. The van der Waals surface area contributed by atoms with Crippen LogP contribution in [0, 0.1) is 12.7 Å². The first-order chi connectivity index (χ1) is 10.0. The Morgan fingerprint density at radius 2 is 2.05 bits per heavy atom. The minimum atomic E-state index is -0.558. The van der Waals surface area contributed by atoms with Crippen molar-refractivity contribution in [3.05, 3.63) is 58.4 Å². The lowest BCUT2D eigenvalue weighted by molar-refractivity contribution is 0.102. The van der Waals surface area contributed by atoms with Crippen LogP contribution in [0.2, 0.25) is 5.02 Å². The number of hydrogen-bond acceptors (Lipinski definition) is 2. The summed E-state index contributed by atoms with van der Waals surface area (Å²) in [7, 11) is 0. The zero-order chi connectivity index (χ0) is 15.4. The molecular weight excluding hydrogens is 291 g/mol. The summed E-state index contributed by atoms with van der Waals surface area (Å²) in [5, 5.41) is 5.86. The molecule has 0 fully saturated rings. The predicted molar refractivity (Wildman–Crippen MR) is 84.7 cm³/mol. The molecule has 0 aliphatic rings. The van der Waals surface area contributed by atoms with Gasteiger partial charge in [0.25, 0.3) is 5.91 Å². The van der Waals surface area contributed by atoms with Crippen LogP contribution in [0.5, 0.6) is 0 Å². The Balaban J connectivity index is 2.25. The molecule has 0 atom stereocenters. The van der Waals surface area contributed by atoms with Gasteiger partial charge in [0.15, 0.2) is 0 Å². The molecule has 0 aliphatic heterocycles. The van der Waals surface area contributed by atoms with Crippen molar-refractivity contribution in [3.8, 4) is 0 Å². The summed E-state index contributed by atoms with van der Waals surface area (Å²) in [4.78, 5) is 12.3. The molecule has 0 unspecified atom stereocenters. The van der Waals surface area contributed by atoms with Crippen molar-refractivity contribution in [2.24, 2.45) is 0 Å². The van der Waals surface area contributed by atoms with E-state index in [1.807, 2.05) is 26.0 Å². The van der Waals surface area contributed by atoms with Crippen LogP contribution in [0.15, 0.2) is 36.4 Å². The van der Waals surface area contributed by atoms with Gasteiger partial charge in [0.1, 0.15) is 5.82 Å². The maximum atomic E-state index is 13.7. The highest BCUT2D eigenvalue weighted by atomic mass is 35.5. The molecule has 0 radical (unpaired) electrons. The summed E-state index contributed by atoms with van der Waals surface area (Å²) in [6.45, 7) is 4.63. The van der Waals surface area contributed by atoms with E-state index in [1.54, 1.807) is 6.07 Å². The lowest BCUT2D eigenvalue weighted by Crippen LogP contribution is -2.15. The van der Waals surface area contributed by atoms with E-state index in [4.69, 9.17) is 11.6 Å². The summed E-state index contributed by atoms with van der Waals surface area (Å²) in [5.74, 6) is -0.944. The van der Waals surface area contributed by atoms with E-state index in [-0.39, 0.29) is 16.6 Å². The zero-order valence-electron chi connectivity index (χ0n) is 11.8. The molecule has 110 valence electrons. The number of benzene rings is 2. The Morgan fingerprint density at radius 1 is 1.29 bits per heavy atom. The minimum absolute atomic E-state index is 0.000624. The molecule has 0 bridgehead atoms. The molecule has 0 aliphatic carbocycles. The van der Waals surface area contributed by atoms with E-state index in [9.17, 15) is 9.18 Å². The molecule has 0 saturated heterocycles. The summed E-state index contributed by atoms with van der Waals surface area (Å²) in [6, 6.07) is 9.67. The number of carbonyl (C=O) groups is 1. The van der Waals surface area contributed by atoms with E-state index >= 15 is 0 Å². The number of carbonyl (C=O) groups excluding carboxylic acids is 1. The molecule has 21 heavy (non-hydrogen) atoms.